The third kappa shape index (κ3) is 9.61. The quantitative estimate of drug-likeness (QED) is 0.228. The molecule has 0 spiro atoms. The summed E-state index contributed by atoms with van der Waals surface area (Å²) in [6.07, 6.45) is 4.61. The van der Waals surface area contributed by atoms with Crippen molar-refractivity contribution in [3.63, 3.8) is 0 Å². The van der Waals surface area contributed by atoms with E-state index in [1.54, 1.807) is 49.4 Å². The number of halogens is 3. The van der Waals surface area contributed by atoms with Gasteiger partial charge in [-0.3, -0.25) is 19.9 Å². The summed E-state index contributed by atoms with van der Waals surface area (Å²) in [6, 6.07) is 11.4. The highest BCUT2D eigenvalue weighted by molar-refractivity contribution is 7.93. The molecule has 3 rings (SSSR count). The smallest absolute Gasteiger partial charge is 0.320 e. The summed E-state index contributed by atoms with van der Waals surface area (Å²) < 4.78 is 32.8. The van der Waals surface area contributed by atoms with Crippen molar-refractivity contribution in [2.45, 2.75) is 25.9 Å². The van der Waals surface area contributed by atoms with Crippen LogP contribution in [0.4, 0.5) is 5.69 Å². The molecule has 39 heavy (non-hydrogen) atoms. The van der Waals surface area contributed by atoms with Gasteiger partial charge in [0.25, 0.3) is 0 Å². The summed E-state index contributed by atoms with van der Waals surface area (Å²) >= 11 is 6.45. The van der Waals surface area contributed by atoms with E-state index in [9.17, 15) is 13.2 Å². The maximum Gasteiger partial charge on any atom is 0.320 e. The van der Waals surface area contributed by atoms with E-state index in [1.807, 2.05) is 4.90 Å². The Kier molecular flexibility index (Phi) is 13.1. The molecule has 1 heterocycles. The van der Waals surface area contributed by atoms with Gasteiger partial charge in [0.2, 0.25) is 10.0 Å². The predicted octanol–water partition coefficient (Wildman–Crippen LogP) is 4.24. The Morgan fingerprint density at radius 1 is 1.21 bits per heavy atom. The first-order valence-corrected chi connectivity index (χ1v) is 13.5. The zero-order valence-corrected chi connectivity index (χ0v) is 24.4. The first kappa shape index (κ1) is 34.0. The fraction of sp³-hybridized carbons (Fsp3) is 0.320. The van der Waals surface area contributed by atoms with Crippen LogP contribution in [0.25, 0.3) is 6.08 Å². The van der Waals surface area contributed by atoms with E-state index in [-0.39, 0.29) is 54.0 Å². The van der Waals surface area contributed by atoms with Crippen LogP contribution in [0.2, 0.25) is 5.02 Å². The summed E-state index contributed by atoms with van der Waals surface area (Å²) in [5.41, 5.74) is 6.96. The molecule has 5 N–H and O–H groups in total. The van der Waals surface area contributed by atoms with Crippen molar-refractivity contribution in [3.8, 4) is 5.75 Å². The molecule has 0 unspecified atom stereocenters. The van der Waals surface area contributed by atoms with E-state index >= 15 is 0 Å². The van der Waals surface area contributed by atoms with Gasteiger partial charge in [-0.1, -0.05) is 42.0 Å². The van der Waals surface area contributed by atoms with Gasteiger partial charge in [0.05, 0.1) is 23.1 Å². The number of piperidine rings is 1. The minimum absolute atomic E-state index is 0. The Labute approximate surface area is 245 Å². The maximum absolute atomic E-state index is 12.9. The monoisotopic (exact) mass is 619 g/mol. The number of nitrogens with one attached hydrogen (secondary N) is 2. The highest BCUT2D eigenvalue weighted by Crippen LogP contribution is 2.32. The number of sulfonamides is 1. The fourth-order valence-electron chi connectivity index (χ4n) is 3.94. The van der Waals surface area contributed by atoms with E-state index in [1.165, 1.54) is 12.1 Å². The lowest BCUT2D eigenvalue weighted by molar-refractivity contribution is -0.134. The molecule has 1 saturated heterocycles. The molecule has 0 atom stereocenters. The van der Waals surface area contributed by atoms with E-state index in [4.69, 9.17) is 38.0 Å². The van der Waals surface area contributed by atoms with Crippen molar-refractivity contribution in [1.82, 2.24) is 4.90 Å². The molecule has 0 amide bonds. The predicted molar refractivity (Wildman–Crippen MR) is 160 cm³/mol. The molecule has 2 aromatic rings. The Morgan fingerprint density at radius 3 is 2.44 bits per heavy atom. The summed E-state index contributed by atoms with van der Waals surface area (Å²) in [5, 5.41) is 24.7. The van der Waals surface area contributed by atoms with Crippen LogP contribution in [0, 0.1) is 10.8 Å². The average Bonchev–Trinajstić information content (AvgIpc) is 2.83. The highest BCUT2D eigenvalue weighted by Gasteiger charge is 2.26. The van der Waals surface area contributed by atoms with Crippen LogP contribution in [0.3, 0.4) is 0 Å². The number of benzene rings is 2. The average molecular weight is 621 g/mol. The largest absolute Gasteiger partial charge is 0.489 e. The molecule has 1 aliphatic rings. The van der Waals surface area contributed by atoms with Gasteiger partial charge in [-0.15, -0.1) is 24.8 Å². The molecule has 1 fully saturated rings. The van der Waals surface area contributed by atoms with Crippen LogP contribution in [0.5, 0.6) is 5.75 Å². The third-order valence-electron chi connectivity index (χ3n) is 5.83. The van der Waals surface area contributed by atoms with E-state index in [0.717, 1.165) is 17.1 Å². The number of hydrogen-bond donors (Lipinski definition) is 4. The van der Waals surface area contributed by atoms with Gasteiger partial charge in [0.15, 0.2) is 5.75 Å². The van der Waals surface area contributed by atoms with Crippen LogP contribution in [-0.4, -0.2) is 67.6 Å². The maximum atomic E-state index is 12.9. The summed E-state index contributed by atoms with van der Waals surface area (Å²) in [7, 11) is -4.22. The van der Waals surface area contributed by atoms with E-state index < -0.39 is 21.7 Å². The van der Waals surface area contributed by atoms with Crippen molar-refractivity contribution in [2.24, 2.45) is 5.73 Å². The number of ether oxygens (including phenoxy) is 1. The molecule has 0 aromatic heterocycles. The molecule has 214 valence electrons. The molecule has 0 bridgehead atoms. The number of amidine groups is 2. The lowest BCUT2D eigenvalue weighted by Gasteiger charge is -2.33. The number of hydrogen-bond acceptors (Lipinski definition) is 6. The molecule has 1 aliphatic heterocycles. The zero-order chi connectivity index (χ0) is 27.2. The number of carbonyl (C=O) groups is 1. The molecule has 0 aliphatic carbocycles. The van der Waals surface area contributed by atoms with Gasteiger partial charge < -0.3 is 20.5 Å². The third-order valence-corrected chi connectivity index (χ3v) is 7.77. The molecule has 10 nitrogen and oxygen atoms in total. The minimum atomic E-state index is -4.22. The Hall–Kier alpha value is -2.99. The summed E-state index contributed by atoms with van der Waals surface area (Å²) in [6.45, 7) is 3.02. The van der Waals surface area contributed by atoms with Crippen LogP contribution in [0.15, 0.2) is 48.5 Å². The number of nitrogen functional groups attached to an aromatic ring is 1. The van der Waals surface area contributed by atoms with Gasteiger partial charge in [0.1, 0.15) is 17.7 Å². The molecular weight excluding hydrogens is 589 g/mol. The second-order valence-electron chi connectivity index (χ2n) is 8.63. The SMILES string of the molecule is CC(=N)N1CCC(Oc2ccc(N(C/C=C/c3cccc(C(=N)N)c3)S(=O)(=O)CC(=O)O)cc2Cl)CC1.Cl.Cl. The van der Waals surface area contributed by atoms with Gasteiger partial charge >= 0.3 is 5.97 Å². The van der Waals surface area contributed by atoms with E-state index in [0.29, 0.717) is 35.8 Å². The van der Waals surface area contributed by atoms with Crippen LogP contribution in [0.1, 0.15) is 30.9 Å². The number of nitrogens with two attached hydrogens (primary N) is 1. The van der Waals surface area contributed by atoms with Crippen LogP contribution >= 0.6 is 36.4 Å². The molecule has 0 saturated carbocycles. The topological polar surface area (TPSA) is 161 Å². The number of nitrogens with zero attached hydrogens (tertiary/aromatic N) is 2. The fourth-order valence-corrected chi connectivity index (χ4v) is 5.37. The summed E-state index contributed by atoms with van der Waals surface area (Å²) in [5.74, 6) is -1.72. The second-order valence-corrected chi connectivity index (χ2v) is 10.9. The Bertz CT molecular complexity index is 1310. The Morgan fingerprint density at radius 2 is 1.87 bits per heavy atom. The number of likely N-dealkylation sites (tertiary alicyclic amines) is 1. The number of anilines is 1. The number of carboxylic acids is 1. The first-order valence-electron chi connectivity index (χ1n) is 11.6. The van der Waals surface area contributed by atoms with Gasteiger partial charge in [0, 0.05) is 31.5 Å². The van der Waals surface area contributed by atoms with Crippen molar-refractivity contribution in [2.75, 3.05) is 29.7 Å². The second kappa shape index (κ2) is 15.0. The molecule has 2 aromatic carbocycles. The van der Waals surface area contributed by atoms with Gasteiger partial charge in [-0.2, -0.15) is 0 Å². The molecule has 0 radical (unpaired) electrons. The van der Waals surface area contributed by atoms with Gasteiger partial charge in [-0.25, -0.2) is 8.42 Å². The van der Waals surface area contributed by atoms with Crippen molar-refractivity contribution < 1.29 is 23.1 Å². The number of rotatable bonds is 10. The number of aliphatic carboxylic acids is 1. The van der Waals surface area contributed by atoms with Crippen molar-refractivity contribution >= 4 is 75.8 Å². The Balaban J connectivity index is 0.00000380. The first-order chi connectivity index (χ1) is 17.5. The van der Waals surface area contributed by atoms with Crippen LogP contribution in [-0.2, 0) is 14.8 Å². The highest BCUT2D eigenvalue weighted by atomic mass is 35.5. The lowest BCUT2D eigenvalue weighted by atomic mass is 10.1. The minimum Gasteiger partial charge on any atom is -0.489 e. The number of carboxylic acid groups (broad SMARTS) is 1. The van der Waals surface area contributed by atoms with Crippen LogP contribution < -0.4 is 14.8 Å². The van der Waals surface area contributed by atoms with Crippen molar-refractivity contribution in [1.29, 1.82) is 10.8 Å². The molecule has 14 heteroatoms. The lowest BCUT2D eigenvalue weighted by Crippen LogP contribution is -2.40. The van der Waals surface area contributed by atoms with Crippen molar-refractivity contribution in [3.05, 3.63) is 64.7 Å². The van der Waals surface area contributed by atoms with E-state index in [2.05, 4.69) is 0 Å². The standard InChI is InChI=1S/C25H30ClN5O5S.2ClH/c1-17(27)30-12-9-21(10-13-30)36-23-8-7-20(15-22(23)26)31(37(34,35)16-24(32)33)11-3-5-18-4-2-6-19(14-18)25(28)29;;/h2-8,14-15,21,27H,9-13,16H2,1H3,(H3,28,29)(H,32,33);2*1H/b5-3+,27-17?;;. The van der Waals surface area contributed by atoms with Gasteiger partial charge in [-0.05, 0) is 36.8 Å². The summed E-state index contributed by atoms with van der Waals surface area (Å²) in [4.78, 5) is 13.2. The normalized spacial score (nSPS) is 13.7. The zero-order valence-electron chi connectivity index (χ0n) is 21.2. The molecular formula is C25H32Cl3N5O5S.